The lowest BCUT2D eigenvalue weighted by Crippen LogP contribution is -2.53. The largest absolute Gasteiger partial charge is 0.445 e. The van der Waals surface area contributed by atoms with E-state index in [2.05, 4.69) is 15.5 Å². The number of carbonyl (C=O) groups is 2. The first kappa shape index (κ1) is 22.8. The summed E-state index contributed by atoms with van der Waals surface area (Å²) < 4.78 is 7.38. The Labute approximate surface area is 193 Å². The van der Waals surface area contributed by atoms with Gasteiger partial charge in [0, 0.05) is 25.2 Å². The molecule has 2 amide bonds. The smallest absolute Gasteiger partial charge is 0.408 e. The lowest BCUT2D eigenvalue weighted by atomic mass is 9.93. The van der Waals surface area contributed by atoms with E-state index in [9.17, 15) is 9.59 Å². The Hall–Kier alpha value is -3.42. The van der Waals surface area contributed by atoms with Crippen LogP contribution in [0.5, 0.6) is 0 Å². The topological polar surface area (TPSA) is 88.8 Å². The molecule has 2 aromatic heterocycles. The van der Waals surface area contributed by atoms with Crippen molar-refractivity contribution in [3.05, 3.63) is 66.1 Å². The van der Waals surface area contributed by atoms with E-state index in [4.69, 9.17) is 4.74 Å². The maximum atomic E-state index is 13.3. The Kier molecular flexibility index (Phi) is 7.22. The predicted molar refractivity (Wildman–Crippen MR) is 125 cm³/mol. The van der Waals surface area contributed by atoms with Gasteiger partial charge in [0.15, 0.2) is 5.65 Å². The van der Waals surface area contributed by atoms with Gasteiger partial charge in [0.25, 0.3) is 0 Å². The Bertz CT molecular complexity index is 1080. The van der Waals surface area contributed by atoms with Crippen LogP contribution in [0.3, 0.4) is 0 Å². The minimum atomic E-state index is -0.608. The molecule has 0 bridgehead atoms. The summed E-state index contributed by atoms with van der Waals surface area (Å²) >= 11 is 0. The molecule has 3 heterocycles. The van der Waals surface area contributed by atoms with E-state index < -0.39 is 12.1 Å². The van der Waals surface area contributed by atoms with Gasteiger partial charge in [-0.05, 0) is 36.5 Å². The van der Waals surface area contributed by atoms with Crippen molar-refractivity contribution in [3.8, 4) is 0 Å². The highest BCUT2D eigenvalue weighted by Crippen LogP contribution is 2.28. The molecule has 1 saturated heterocycles. The van der Waals surface area contributed by atoms with Crippen molar-refractivity contribution in [2.45, 2.75) is 51.7 Å². The molecule has 1 aliphatic heterocycles. The van der Waals surface area contributed by atoms with E-state index in [0.29, 0.717) is 13.1 Å². The Balaban J connectivity index is 1.35. The van der Waals surface area contributed by atoms with Crippen molar-refractivity contribution in [1.82, 2.24) is 24.8 Å². The van der Waals surface area contributed by atoms with Crippen LogP contribution in [0, 0.1) is 5.92 Å². The predicted octanol–water partition coefficient (Wildman–Crippen LogP) is 3.78. The molecule has 0 spiro atoms. The minimum Gasteiger partial charge on any atom is -0.445 e. The van der Waals surface area contributed by atoms with Crippen LogP contribution in [-0.2, 0) is 16.1 Å². The molecule has 1 fully saturated rings. The van der Waals surface area contributed by atoms with E-state index in [1.807, 2.05) is 77.9 Å². The number of hydrogen-bond donors (Lipinski definition) is 1. The number of piperidine rings is 1. The molecular formula is C25H31N5O3. The molecule has 3 aromatic rings. The minimum absolute atomic E-state index is 0.0000571. The number of carbonyl (C=O) groups excluding carboxylic acids is 2. The van der Waals surface area contributed by atoms with Gasteiger partial charge < -0.3 is 15.0 Å². The van der Waals surface area contributed by atoms with E-state index in [-0.39, 0.29) is 24.3 Å². The van der Waals surface area contributed by atoms with Gasteiger partial charge in [-0.1, -0.05) is 56.7 Å². The number of fused-ring (bicyclic) bond motifs is 1. The summed E-state index contributed by atoms with van der Waals surface area (Å²) in [6.07, 6.45) is 3.81. The maximum Gasteiger partial charge on any atom is 0.408 e. The molecule has 1 N–H and O–H groups in total. The zero-order chi connectivity index (χ0) is 23.2. The van der Waals surface area contributed by atoms with Gasteiger partial charge in [-0.15, -0.1) is 10.2 Å². The fourth-order valence-corrected chi connectivity index (χ4v) is 4.27. The molecule has 4 rings (SSSR count). The summed E-state index contributed by atoms with van der Waals surface area (Å²) in [5.74, 6) is 1.14. The monoisotopic (exact) mass is 449 g/mol. The summed E-state index contributed by atoms with van der Waals surface area (Å²) in [5, 5.41) is 11.5. The number of rotatable bonds is 7. The first-order valence-corrected chi connectivity index (χ1v) is 11.6. The molecule has 2 atom stereocenters. The molecule has 0 unspecified atom stereocenters. The lowest BCUT2D eigenvalue weighted by Gasteiger charge is -2.35. The number of nitrogens with zero attached hydrogens (tertiary/aromatic N) is 4. The maximum absolute atomic E-state index is 13.3. The number of pyridine rings is 1. The SMILES string of the molecule is CC[C@H](C)[C@H](NC(=O)OCc1ccccc1)C(=O)N1CCC(c2nnc3ccccn23)CC1. The zero-order valence-corrected chi connectivity index (χ0v) is 19.2. The van der Waals surface area contributed by atoms with Crippen molar-refractivity contribution >= 4 is 17.6 Å². The van der Waals surface area contributed by atoms with Crippen LogP contribution in [0.15, 0.2) is 54.7 Å². The van der Waals surface area contributed by atoms with Gasteiger partial charge in [0.05, 0.1) is 0 Å². The molecule has 8 heteroatoms. The number of alkyl carbamates (subject to hydrolysis) is 1. The fraction of sp³-hybridized carbons (Fsp3) is 0.440. The highest BCUT2D eigenvalue weighted by Gasteiger charge is 2.33. The number of hydrogen-bond acceptors (Lipinski definition) is 5. The van der Waals surface area contributed by atoms with Crippen molar-refractivity contribution in [3.63, 3.8) is 0 Å². The van der Waals surface area contributed by atoms with Crippen molar-refractivity contribution in [2.24, 2.45) is 5.92 Å². The summed E-state index contributed by atoms with van der Waals surface area (Å²) in [6, 6.07) is 14.7. The second-order valence-electron chi connectivity index (χ2n) is 8.66. The third-order valence-corrected chi connectivity index (χ3v) is 6.48. The third kappa shape index (κ3) is 5.32. The van der Waals surface area contributed by atoms with Crippen LogP contribution in [0.1, 0.15) is 50.4 Å². The third-order valence-electron chi connectivity index (χ3n) is 6.48. The Morgan fingerprint density at radius 2 is 1.82 bits per heavy atom. The molecule has 1 aromatic carbocycles. The molecule has 33 heavy (non-hydrogen) atoms. The van der Waals surface area contributed by atoms with Crippen molar-refractivity contribution in [1.29, 1.82) is 0 Å². The highest BCUT2D eigenvalue weighted by molar-refractivity contribution is 5.86. The Morgan fingerprint density at radius 1 is 1.09 bits per heavy atom. The van der Waals surface area contributed by atoms with Crippen molar-refractivity contribution < 1.29 is 14.3 Å². The molecule has 0 radical (unpaired) electrons. The summed E-state index contributed by atoms with van der Waals surface area (Å²) in [7, 11) is 0. The molecular weight excluding hydrogens is 418 g/mol. The number of nitrogens with one attached hydrogen (secondary N) is 1. The molecule has 8 nitrogen and oxygen atoms in total. The second kappa shape index (κ2) is 10.5. The van der Waals surface area contributed by atoms with Gasteiger partial charge in [-0.25, -0.2) is 4.79 Å². The molecule has 174 valence electrons. The van der Waals surface area contributed by atoms with Gasteiger partial charge in [-0.3, -0.25) is 9.20 Å². The van der Waals surface area contributed by atoms with Crippen LogP contribution in [0.2, 0.25) is 0 Å². The first-order chi connectivity index (χ1) is 16.1. The summed E-state index contributed by atoms with van der Waals surface area (Å²) in [4.78, 5) is 27.6. The zero-order valence-electron chi connectivity index (χ0n) is 19.2. The summed E-state index contributed by atoms with van der Waals surface area (Å²) in [5.41, 5.74) is 1.74. The number of benzene rings is 1. The number of likely N-dealkylation sites (tertiary alicyclic amines) is 1. The van der Waals surface area contributed by atoms with E-state index >= 15 is 0 Å². The van der Waals surface area contributed by atoms with Gasteiger partial charge in [0.1, 0.15) is 18.5 Å². The van der Waals surface area contributed by atoms with Crippen molar-refractivity contribution in [2.75, 3.05) is 13.1 Å². The van der Waals surface area contributed by atoms with E-state index in [1.165, 1.54) is 0 Å². The molecule has 0 aliphatic carbocycles. The van der Waals surface area contributed by atoms with Gasteiger partial charge in [-0.2, -0.15) is 0 Å². The number of amides is 2. The molecule has 0 saturated carbocycles. The standard InChI is InChI=1S/C25H31N5O3/c1-3-18(2)22(26-25(32)33-17-19-9-5-4-6-10-19)24(31)29-15-12-20(13-16-29)23-28-27-21-11-7-8-14-30(21)23/h4-11,14,18,20,22H,3,12-13,15-17H2,1-2H3,(H,26,32)/t18-,22-/m0/s1. The van der Waals surface area contributed by atoms with Gasteiger partial charge in [0.2, 0.25) is 5.91 Å². The van der Waals surface area contributed by atoms with Crippen LogP contribution >= 0.6 is 0 Å². The lowest BCUT2D eigenvalue weighted by molar-refractivity contribution is -0.135. The molecule has 1 aliphatic rings. The van der Waals surface area contributed by atoms with Gasteiger partial charge >= 0.3 is 6.09 Å². The van der Waals surface area contributed by atoms with Crippen LogP contribution in [0.25, 0.3) is 5.65 Å². The first-order valence-electron chi connectivity index (χ1n) is 11.6. The Morgan fingerprint density at radius 3 is 2.55 bits per heavy atom. The average Bonchev–Trinajstić information content (AvgIpc) is 3.30. The second-order valence-corrected chi connectivity index (χ2v) is 8.66. The number of ether oxygens (including phenoxy) is 1. The average molecular weight is 450 g/mol. The van der Waals surface area contributed by atoms with Crippen LogP contribution < -0.4 is 5.32 Å². The summed E-state index contributed by atoms with van der Waals surface area (Å²) in [6.45, 7) is 5.42. The highest BCUT2D eigenvalue weighted by atomic mass is 16.5. The quantitative estimate of drug-likeness (QED) is 0.593. The number of aromatic nitrogens is 3. The normalized spacial score (nSPS) is 16.4. The van der Waals surface area contributed by atoms with E-state index in [1.54, 1.807) is 0 Å². The van der Waals surface area contributed by atoms with Crippen LogP contribution in [-0.4, -0.2) is 50.6 Å². The fourth-order valence-electron chi connectivity index (χ4n) is 4.27. The van der Waals surface area contributed by atoms with Crippen LogP contribution in [0.4, 0.5) is 4.79 Å². The van der Waals surface area contributed by atoms with E-state index in [0.717, 1.165) is 36.3 Å².